The van der Waals surface area contributed by atoms with Gasteiger partial charge >= 0.3 is 0 Å². The average molecular weight is 229 g/mol. The second kappa shape index (κ2) is 3.90. The smallest absolute Gasteiger partial charge is 0.261 e. The Balaban J connectivity index is 0. The summed E-state index contributed by atoms with van der Waals surface area (Å²) in [4.78, 5) is 0. The molecule has 0 aliphatic rings. The van der Waals surface area contributed by atoms with Crippen molar-refractivity contribution in [1.29, 1.82) is 0 Å². The molecule has 0 bridgehead atoms. The fourth-order valence-electron chi connectivity index (χ4n) is 0. The normalized spacial score (nSPS) is 9.67. The molecular weight excluding hydrogens is 225 g/mol. The van der Waals surface area contributed by atoms with Crippen LogP contribution in [0.2, 0.25) is 0 Å². The summed E-state index contributed by atoms with van der Waals surface area (Å²) in [7, 11) is -3.67. The minimum Gasteiger partial charge on any atom is -0.286 e. The topological polar surface area (TPSA) is 54.4 Å². The van der Waals surface area contributed by atoms with E-state index in [1.54, 1.807) is 0 Å². The van der Waals surface area contributed by atoms with E-state index < -0.39 is 10.1 Å². The van der Waals surface area contributed by atoms with Crippen molar-refractivity contribution >= 4 is 79.0 Å². The van der Waals surface area contributed by atoms with Crippen LogP contribution >= 0.6 is 0 Å². The number of hydrogen-bond donors (Lipinski definition) is 1. The van der Waals surface area contributed by atoms with Gasteiger partial charge in [0, 0.05) is 68.9 Å². The molecule has 0 saturated carbocycles. The zero-order valence-corrected chi connectivity index (χ0v) is 10.8. The Bertz CT molecular complexity index is 94.0. The van der Waals surface area contributed by atoms with Gasteiger partial charge in [-0.05, 0) is 0 Å². The van der Waals surface area contributed by atoms with Crippen molar-refractivity contribution < 1.29 is 13.0 Å². The summed E-state index contributed by atoms with van der Waals surface area (Å²) in [6, 6.07) is 0. The van der Waals surface area contributed by atoms with Crippen LogP contribution in [0, 0.1) is 0 Å². The summed E-state index contributed by atoms with van der Waals surface area (Å²) >= 11 is 0. The van der Waals surface area contributed by atoms with Crippen LogP contribution in [-0.4, -0.2) is 88.1 Å². The second-order valence-electron chi connectivity index (χ2n) is 0.733. The number of rotatable bonds is 0. The van der Waals surface area contributed by atoms with Crippen molar-refractivity contribution in [3.63, 3.8) is 0 Å². The summed E-state index contributed by atoms with van der Waals surface area (Å²) in [6.45, 7) is 0. The molecule has 0 aliphatic carbocycles. The van der Waals surface area contributed by atoms with E-state index in [4.69, 9.17) is 4.55 Å². The Morgan fingerprint density at radius 1 is 1.50 bits per heavy atom. The molecule has 0 fully saturated rings. The molecule has 0 amide bonds. The van der Waals surface area contributed by atoms with Crippen molar-refractivity contribution in [2.45, 2.75) is 0 Å². The number of hydrogen-bond acceptors (Lipinski definition) is 2. The molecule has 5 heteroatoms. The van der Waals surface area contributed by atoms with E-state index in [1.807, 2.05) is 0 Å². The fraction of sp³-hybridized carbons (Fsp3) is 1.00. The van der Waals surface area contributed by atoms with Crippen LogP contribution in [0.25, 0.3) is 0 Å². The van der Waals surface area contributed by atoms with Crippen LogP contribution in [-0.2, 0) is 10.1 Å². The third kappa shape index (κ3) is 38.1. The van der Waals surface area contributed by atoms with Gasteiger partial charge in [0.1, 0.15) is 0 Å². The first-order valence-corrected chi connectivity index (χ1v) is 2.77. The molecule has 33 valence electrons. The van der Waals surface area contributed by atoms with E-state index in [0.29, 0.717) is 6.26 Å². The molecule has 6 heavy (non-hydrogen) atoms. The van der Waals surface area contributed by atoms with Gasteiger partial charge in [-0.15, -0.1) is 0 Å². The van der Waals surface area contributed by atoms with Crippen molar-refractivity contribution in [1.82, 2.24) is 0 Å². The maximum atomic E-state index is 9.19. The molecule has 0 rings (SSSR count). The zero-order valence-electron chi connectivity index (χ0n) is 3.67. The quantitative estimate of drug-likeness (QED) is 0.549. The molecule has 0 atom stereocenters. The minimum absolute atomic E-state index is 0. The van der Waals surface area contributed by atoms with Crippen LogP contribution in [0.5, 0.6) is 0 Å². The largest absolute Gasteiger partial charge is 0.286 e. The monoisotopic (exact) mass is 229 g/mol. The molecule has 0 aliphatic heterocycles. The average Bonchev–Trinajstić information content (AvgIpc) is 0.722. The maximum Gasteiger partial charge on any atom is 0.261 e. The molecule has 0 spiro atoms. The van der Waals surface area contributed by atoms with Crippen LogP contribution in [0.3, 0.4) is 0 Å². The first-order valence-electron chi connectivity index (χ1n) is 0.924. The summed E-state index contributed by atoms with van der Waals surface area (Å²) in [5.41, 5.74) is 0. The van der Waals surface area contributed by atoms with Crippen molar-refractivity contribution in [3.8, 4) is 0 Å². The van der Waals surface area contributed by atoms with Gasteiger partial charge < -0.3 is 0 Å². The Morgan fingerprint density at radius 2 is 1.50 bits per heavy atom. The van der Waals surface area contributed by atoms with Gasteiger partial charge in [0.05, 0.1) is 6.26 Å². The summed E-state index contributed by atoms with van der Waals surface area (Å²) < 4.78 is 25.9. The molecular formula is CH4CsO3S. The van der Waals surface area contributed by atoms with Crippen molar-refractivity contribution in [2.75, 3.05) is 6.26 Å². The Kier molecular flexibility index (Phi) is 7.06. The van der Waals surface area contributed by atoms with E-state index in [1.165, 1.54) is 0 Å². The first kappa shape index (κ1) is 10.9. The standard InChI is InChI=1S/CH4O3S.Cs/c1-5(2,3)4;/h1H3,(H,2,3,4);. The molecule has 0 heterocycles. The van der Waals surface area contributed by atoms with Crippen LogP contribution < -0.4 is 0 Å². The first-order chi connectivity index (χ1) is 2.00. The zero-order chi connectivity index (χ0) is 4.50. The molecule has 0 unspecified atom stereocenters. The Morgan fingerprint density at radius 3 is 1.50 bits per heavy atom. The molecule has 0 aromatic carbocycles. The third-order valence-corrected chi connectivity index (χ3v) is 0. The summed E-state index contributed by atoms with van der Waals surface area (Å²) in [5, 5.41) is 0. The SMILES string of the molecule is CS(=O)(=O)O.[Cs]. The van der Waals surface area contributed by atoms with Crippen LogP contribution in [0.15, 0.2) is 0 Å². The van der Waals surface area contributed by atoms with E-state index in [-0.39, 0.29) is 68.9 Å². The van der Waals surface area contributed by atoms with Crippen molar-refractivity contribution in [2.24, 2.45) is 0 Å². The maximum absolute atomic E-state index is 9.19. The predicted molar refractivity (Wildman–Crippen MR) is 23.2 cm³/mol. The van der Waals surface area contributed by atoms with Gasteiger partial charge in [-0.2, -0.15) is 8.42 Å². The molecule has 0 saturated heterocycles. The summed E-state index contributed by atoms with van der Waals surface area (Å²) in [6.07, 6.45) is 0.715. The van der Waals surface area contributed by atoms with E-state index in [9.17, 15) is 8.42 Å². The van der Waals surface area contributed by atoms with Crippen LogP contribution in [0.1, 0.15) is 0 Å². The third-order valence-electron chi connectivity index (χ3n) is 0. The molecule has 1 N–H and O–H groups in total. The van der Waals surface area contributed by atoms with Gasteiger partial charge in [0.25, 0.3) is 10.1 Å². The molecule has 1 radical (unpaired) electrons. The Hall–Kier alpha value is 1.96. The second-order valence-corrected chi connectivity index (χ2v) is 2.20. The van der Waals surface area contributed by atoms with Gasteiger partial charge in [-0.1, -0.05) is 0 Å². The Labute approximate surface area is 95.7 Å². The van der Waals surface area contributed by atoms with Gasteiger partial charge in [-0.25, -0.2) is 0 Å². The molecule has 3 nitrogen and oxygen atoms in total. The summed E-state index contributed by atoms with van der Waals surface area (Å²) in [5.74, 6) is 0. The minimum atomic E-state index is -3.67. The van der Waals surface area contributed by atoms with Crippen LogP contribution in [0.4, 0.5) is 0 Å². The van der Waals surface area contributed by atoms with E-state index in [0.717, 1.165) is 0 Å². The van der Waals surface area contributed by atoms with Crippen molar-refractivity contribution in [3.05, 3.63) is 0 Å². The van der Waals surface area contributed by atoms with Gasteiger partial charge in [-0.3, -0.25) is 4.55 Å². The fourth-order valence-corrected chi connectivity index (χ4v) is 0. The van der Waals surface area contributed by atoms with E-state index >= 15 is 0 Å². The van der Waals surface area contributed by atoms with Gasteiger partial charge in [0.2, 0.25) is 0 Å². The molecule has 0 aromatic rings. The molecule has 0 aromatic heterocycles. The van der Waals surface area contributed by atoms with Gasteiger partial charge in [0.15, 0.2) is 0 Å². The predicted octanol–water partition coefficient (Wildman–Crippen LogP) is -0.877. The van der Waals surface area contributed by atoms with E-state index in [2.05, 4.69) is 0 Å².